The Balaban J connectivity index is 1.83. The van der Waals surface area contributed by atoms with Crippen LogP contribution in [0.1, 0.15) is 23.6 Å². The zero-order chi connectivity index (χ0) is 23.8. The first-order chi connectivity index (χ1) is 15.9. The summed E-state index contributed by atoms with van der Waals surface area (Å²) in [7, 11) is 1.55. The van der Waals surface area contributed by atoms with Crippen LogP contribution in [0.3, 0.4) is 0 Å². The molecule has 0 fully saturated rings. The van der Waals surface area contributed by atoms with Crippen molar-refractivity contribution in [1.82, 2.24) is 0 Å². The van der Waals surface area contributed by atoms with E-state index in [1.165, 1.54) is 6.08 Å². The molecule has 0 saturated carbocycles. The highest BCUT2D eigenvalue weighted by atomic mass is 127. The van der Waals surface area contributed by atoms with E-state index in [4.69, 9.17) is 21.1 Å². The van der Waals surface area contributed by atoms with Gasteiger partial charge in [0.2, 0.25) is 0 Å². The van der Waals surface area contributed by atoms with Crippen molar-refractivity contribution >= 4 is 51.9 Å². The van der Waals surface area contributed by atoms with E-state index < -0.39 is 5.91 Å². The van der Waals surface area contributed by atoms with Crippen LogP contribution in [0.25, 0.3) is 6.08 Å². The lowest BCUT2D eigenvalue weighted by molar-refractivity contribution is -0.112. The molecule has 0 radical (unpaired) electrons. The molecule has 7 heteroatoms. The molecule has 33 heavy (non-hydrogen) atoms. The summed E-state index contributed by atoms with van der Waals surface area (Å²) < 4.78 is 12.3. The summed E-state index contributed by atoms with van der Waals surface area (Å²) in [5, 5.41) is 13.1. The normalized spacial score (nSPS) is 10.9. The third-order valence-electron chi connectivity index (χ3n) is 4.85. The van der Waals surface area contributed by atoms with Gasteiger partial charge in [0, 0.05) is 10.7 Å². The van der Waals surface area contributed by atoms with Gasteiger partial charge in [-0.25, -0.2) is 0 Å². The lowest BCUT2D eigenvalue weighted by Gasteiger charge is -2.14. The number of hydrogen-bond donors (Lipinski definition) is 1. The van der Waals surface area contributed by atoms with Crippen molar-refractivity contribution in [2.24, 2.45) is 0 Å². The van der Waals surface area contributed by atoms with E-state index in [1.807, 2.05) is 61.5 Å². The van der Waals surface area contributed by atoms with Crippen LogP contribution in [0.15, 0.2) is 66.2 Å². The first-order valence-corrected chi connectivity index (χ1v) is 11.7. The first kappa shape index (κ1) is 24.6. The fraction of sp³-hybridized carbons (Fsp3) is 0.154. The number of methoxy groups -OCH3 is 1. The average Bonchev–Trinajstić information content (AvgIpc) is 2.81. The predicted octanol–water partition coefficient (Wildman–Crippen LogP) is 6.64. The molecule has 3 rings (SSSR count). The number of carbonyl (C=O) groups is 1. The van der Waals surface area contributed by atoms with Crippen molar-refractivity contribution < 1.29 is 14.3 Å². The minimum Gasteiger partial charge on any atom is -0.493 e. The first-order valence-electron chi connectivity index (χ1n) is 10.2. The topological polar surface area (TPSA) is 71.4 Å². The second-order valence-corrected chi connectivity index (χ2v) is 8.69. The van der Waals surface area contributed by atoms with Crippen molar-refractivity contribution in [2.75, 3.05) is 12.4 Å². The summed E-state index contributed by atoms with van der Waals surface area (Å²) in [6, 6.07) is 20.5. The number of nitriles is 1. The van der Waals surface area contributed by atoms with Gasteiger partial charge in [-0.2, -0.15) is 5.26 Å². The molecule has 168 valence electrons. The molecule has 0 saturated heterocycles. The Labute approximate surface area is 212 Å². The van der Waals surface area contributed by atoms with Gasteiger partial charge in [0.25, 0.3) is 5.91 Å². The summed E-state index contributed by atoms with van der Waals surface area (Å²) >= 11 is 8.19. The van der Waals surface area contributed by atoms with Gasteiger partial charge in [0.1, 0.15) is 18.2 Å². The number of nitrogens with one attached hydrogen (secondary N) is 1. The molecule has 0 aromatic heterocycles. The number of hydrogen-bond acceptors (Lipinski definition) is 4. The van der Waals surface area contributed by atoms with Gasteiger partial charge < -0.3 is 14.8 Å². The Kier molecular flexibility index (Phi) is 8.75. The number of carbonyl (C=O) groups excluding carboxylic acids is 1. The average molecular weight is 573 g/mol. The molecule has 0 spiro atoms. The van der Waals surface area contributed by atoms with Crippen molar-refractivity contribution in [1.29, 1.82) is 5.26 Å². The minimum absolute atomic E-state index is 0.00800. The van der Waals surface area contributed by atoms with Crippen molar-refractivity contribution in [2.45, 2.75) is 20.0 Å². The van der Waals surface area contributed by atoms with E-state index in [0.717, 1.165) is 21.1 Å². The monoisotopic (exact) mass is 572 g/mol. The van der Waals surface area contributed by atoms with E-state index in [0.29, 0.717) is 34.4 Å². The van der Waals surface area contributed by atoms with Crippen molar-refractivity contribution in [3.8, 4) is 17.6 Å². The molecular weight excluding hydrogens is 551 g/mol. The van der Waals surface area contributed by atoms with Crippen LogP contribution in [-0.2, 0) is 17.8 Å². The number of rotatable bonds is 8. The van der Waals surface area contributed by atoms with Crippen LogP contribution in [0, 0.1) is 14.9 Å². The Morgan fingerprint density at radius 2 is 1.97 bits per heavy atom. The lowest BCUT2D eigenvalue weighted by atomic mass is 10.1. The van der Waals surface area contributed by atoms with E-state index in [2.05, 4.69) is 27.9 Å². The number of nitrogens with zero attached hydrogens (tertiary/aromatic N) is 1. The zero-order valence-electron chi connectivity index (χ0n) is 18.2. The van der Waals surface area contributed by atoms with Crippen LogP contribution in [0.5, 0.6) is 11.5 Å². The van der Waals surface area contributed by atoms with E-state index in [1.54, 1.807) is 19.2 Å². The number of halogens is 2. The van der Waals surface area contributed by atoms with E-state index in [-0.39, 0.29) is 5.57 Å². The van der Waals surface area contributed by atoms with Crippen LogP contribution in [0.2, 0.25) is 5.02 Å². The minimum atomic E-state index is -0.464. The Morgan fingerprint density at radius 1 is 1.18 bits per heavy atom. The smallest absolute Gasteiger partial charge is 0.266 e. The SMILES string of the molecule is CCc1ccccc1NC(=O)/C(C#N)=C/c1cc(I)c(OCc2cccc(Cl)c2)c(OC)c1. The molecule has 0 aliphatic rings. The summed E-state index contributed by atoms with van der Waals surface area (Å²) in [6.07, 6.45) is 2.31. The largest absolute Gasteiger partial charge is 0.493 e. The van der Waals surface area contributed by atoms with Gasteiger partial charge >= 0.3 is 0 Å². The summed E-state index contributed by atoms with van der Waals surface area (Å²) in [5.41, 5.74) is 3.27. The van der Waals surface area contributed by atoms with Crippen LogP contribution < -0.4 is 14.8 Å². The summed E-state index contributed by atoms with van der Waals surface area (Å²) in [6.45, 7) is 2.33. The van der Waals surface area contributed by atoms with Gasteiger partial charge in [-0.15, -0.1) is 0 Å². The highest BCUT2D eigenvalue weighted by Gasteiger charge is 2.15. The van der Waals surface area contributed by atoms with Crippen LogP contribution >= 0.6 is 34.2 Å². The van der Waals surface area contributed by atoms with E-state index in [9.17, 15) is 10.1 Å². The second kappa shape index (κ2) is 11.7. The number of anilines is 1. The number of ether oxygens (including phenoxy) is 2. The second-order valence-electron chi connectivity index (χ2n) is 7.09. The van der Waals surface area contributed by atoms with Gasteiger partial charge in [0.15, 0.2) is 11.5 Å². The van der Waals surface area contributed by atoms with Gasteiger partial charge in [-0.3, -0.25) is 4.79 Å². The molecule has 1 amide bonds. The number of benzene rings is 3. The molecule has 0 unspecified atom stereocenters. The van der Waals surface area contributed by atoms with Gasteiger partial charge in [-0.1, -0.05) is 48.9 Å². The Bertz CT molecular complexity index is 1230. The molecule has 0 atom stereocenters. The highest BCUT2D eigenvalue weighted by molar-refractivity contribution is 14.1. The molecule has 0 bridgehead atoms. The van der Waals surface area contributed by atoms with Gasteiger partial charge in [-0.05, 0) is 82.1 Å². The highest BCUT2D eigenvalue weighted by Crippen LogP contribution is 2.35. The lowest BCUT2D eigenvalue weighted by Crippen LogP contribution is -2.14. The molecule has 0 aliphatic carbocycles. The van der Waals surface area contributed by atoms with Crippen LogP contribution in [-0.4, -0.2) is 13.0 Å². The Hall–Kier alpha value is -3.02. The fourth-order valence-corrected chi connectivity index (χ4v) is 4.19. The molecule has 1 N–H and O–H groups in total. The third-order valence-corrected chi connectivity index (χ3v) is 5.88. The van der Waals surface area contributed by atoms with Crippen LogP contribution in [0.4, 0.5) is 5.69 Å². The standard InChI is InChI=1S/C26H22ClIN2O3/c1-3-19-8-4-5-10-23(19)30-26(31)20(15-29)11-18-13-22(28)25(24(14-18)32-2)33-16-17-7-6-9-21(27)12-17/h4-14H,3,16H2,1-2H3,(H,30,31)/b20-11+. The molecule has 0 heterocycles. The van der Waals surface area contributed by atoms with Crippen molar-refractivity contribution in [3.63, 3.8) is 0 Å². The number of para-hydroxylation sites is 1. The summed E-state index contributed by atoms with van der Waals surface area (Å²) in [5.74, 6) is 0.618. The van der Waals surface area contributed by atoms with Gasteiger partial charge in [0.05, 0.1) is 10.7 Å². The number of aryl methyl sites for hydroxylation is 1. The predicted molar refractivity (Wildman–Crippen MR) is 140 cm³/mol. The molecule has 0 aliphatic heterocycles. The molecule has 3 aromatic rings. The third kappa shape index (κ3) is 6.50. The number of amides is 1. The molecular formula is C26H22ClIN2O3. The quantitative estimate of drug-likeness (QED) is 0.187. The summed E-state index contributed by atoms with van der Waals surface area (Å²) in [4.78, 5) is 12.7. The maximum atomic E-state index is 12.7. The van der Waals surface area contributed by atoms with Crippen molar-refractivity contribution in [3.05, 3.63) is 91.5 Å². The zero-order valence-corrected chi connectivity index (χ0v) is 21.1. The molecule has 5 nitrogen and oxygen atoms in total. The van der Waals surface area contributed by atoms with E-state index >= 15 is 0 Å². The maximum absolute atomic E-state index is 12.7. The maximum Gasteiger partial charge on any atom is 0.266 e. The Morgan fingerprint density at radius 3 is 2.67 bits per heavy atom. The fourth-order valence-electron chi connectivity index (χ4n) is 3.20. The molecule has 3 aromatic carbocycles.